The number of anilines is 3. The summed E-state index contributed by atoms with van der Waals surface area (Å²) in [6.07, 6.45) is 1.02. The molecule has 0 saturated heterocycles. The Morgan fingerprint density at radius 2 is 1.72 bits per heavy atom. The van der Waals surface area contributed by atoms with Crippen LogP contribution in [0.3, 0.4) is 0 Å². The van der Waals surface area contributed by atoms with Crippen molar-refractivity contribution >= 4 is 23.2 Å². The molecule has 1 heterocycles. The number of aromatic nitrogens is 2. The number of benzene rings is 2. The Morgan fingerprint density at radius 3 is 2.38 bits per heavy atom. The summed E-state index contributed by atoms with van der Waals surface area (Å²) in [5.41, 5.74) is 3.39. The Morgan fingerprint density at radius 1 is 1.00 bits per heavy atom. The van der Waals surface area contributed by atoms with Gasteiger partial charge in [-0.1, -0.05) is 30.3 Å². The average Bonchev–Trinajstić information content (AvgIpc) is 2.72. The number of Topliss-reactive ketones (excluding diaryl/α,β-unsaturated/α-hetero) is 1. The average molecular weight is 390 g/mol. The van der Waals surface area contributed by atoms with Crippen LogP contribution in [0.1, 0.15) is 23.7 Å². The molecular weight excluding hydrogens is 362 g/mol. The summed E-state index contributed by atoms with van der Waals surface area (Å²) in [7, 11) is 4.13. The van der Waals surface area contributed by atoms with Crippen LogP contribution in [0.2, 0.25) is 0 Å². The van der Waals surface area contributed by atoms with E-state index in [0.29, 0.717) is 11.5 Å². The van der Waals surface area contributed by atoms with E-state index in [1.54, 1.807) is 19.1 Å². The zero-order chi connectivity index (χ0) is 20.6. The molecule has 0 radical (unpaired) electrons. The third kappa shape index (κ3) is 6.12. The highest BCUT2D eigenvalue weighted by Crippen LogP contribution is 2.23. The topological polar surface area (TPSA) is 70.2 Å². The van der Waals surface area contributed by atoms with Crippen LogP contribution in [-0.4, -0.2) is 47.8 Å². The molecule has 0 spiro atoms. The highest BCUT2D eigenvalue weighted by molar-refractivity contribution is 5.94. The smallest absolute Gasteiger partial charge is 0.229 e. The van der Waals surface area contributed by atoms with Crippen LogP contribution >= 0.6 is 0 Å². The maximum absolute atomic E-state index is 11.5. The fraction of sp³-hybridized carbons (Fsp3) is 0.261. The summed E-state index contributed by atoms with van der Waals surface area (Å²) in [5.74, 6) is 1.33. The summed E-state index contributed by atoms with van der Waals surface area (Å²) in [4.78, 5) is 22.9. The summed E-state index contributed by atoms with van der Waals surface area (Å²) in [6, 6.07) is 19.3. The van der Waals surface area contributed by atoms with Gasteiger partial charge in [0.2, 0.25) is 5.95 Å². The van der Waals surface area contributed by atoms with Gasteiger partial charge in [-0.3, -0.25) is 4.79 Å². The lowest BCUT2D eigenvalue weighted by atomic mass is 10.1. The normalized spacial score (nSPS) is 10.8. The van der Waals surface area contributed by atoms with E-state index in [1.807, 2.05) is 48.5 Å². The minimum absolute atomic E-state index is 0.0445. The van der Waals surface area contributed by atoms with E-state index in [1.165, 1.54) is 0 Å². The van der Waals surface area contributed by atoms with E-state index in [2.05, 4.69) is 39.6 Å². The molecule has 0 unspecified atom stereocenters. The molecule has 29 heavy (non-hydrogen) atoms. The van der Waals surface area contributed by atoms with Crippen molar-refractivity contribution < 1.29 is 4.79 Å². The number of ketones is 1. The van der Waals surface area contributed by atoms with Gasteiger partial charge in [-0.15, -0.1) is 0 Å². The van der Waals surface area contributed by atoms with Crippen molar-refractivity contribution in [1.29, 1.82) is 0 Å². The molecule has 0 aliphatic heterocycles. The number of nitrogens with one attached hydrogen (secondary N) is 2. The third-order valence-corrected chi connectivity index (χ3v) is 4.43. The molecule has 0 saturated carbocycles. The van der Waals surface area contributed by atoms with Gasteiger partial charge in [-0.2, -0.15) is 4.98 Å². The minimum Gasteiger partial charge on any atom is -0.370 e. The third-order valence-electron chi connectivity index (χ3n) is 4.43. The Hall–Kier alpha value is -3.25. The Kier molecular flexibility index (Phi) is 6.92. The highest BCUT2D eigenvalue weighted by Gasteiger charge is 2.08. The first-order valence-corrected chi connectivity index (χ1v) is 9.72. The molecule has 6 heteroatoms. The van der Waals surface area contributed by atoms with Crippen LogP contribution < -0.4 is 10.6 Å². The van der Waals surface area contributed by atoms with Crippen molar-refractivity contribution in [3.63, 3.8) is 0 Å². The molecule has 6 nitrogen and oxygen atoms in total. The zero-order valence-corrected chi connectivity index (χ0v) is 17.1. The standard InChI is InChI=1S/C23H27N5O/c1-17(29)18-10-12-20(13-11-18)25-23-26-21(19-8-5-4-6-9-19)16-22(27-23)24-14-7-15-28(2)3/h4-6,8-13,16H,7,14-15H2,1-3H3,(H2,24,25,26,27). The summed E-state index contributed by atoms with van der Waals surface area (Å²) >= 11 is 0. The van der Waals surface area contributed by atoms with Gasteiger partial charge < -0.3 is 15.5 Å². The molecule has 150 valence electrons. The fourth-order valence-corrected chi connectivity index (χ4v) is 2.88. The summed E-state index contributed by atoms with van der Waals surface area (Å²) in [5, 5.41) is 6.65. The van der Waals surface area contributed by atoms with Crippen LogP contribution in [0, 0.1) is 0 Å². The first-order chi connectivity index (χ1) is 14.0. The molecule has 1 aromatic heterocycles. The van der Waals surface area contributed by atoms with Crippen LogP contribution in [0.25, 0.3) is 11.3 Å². The predicted octanol–water partition coefficient (Wildman–Crippen LogP) is 4.45. The Bertz CT molecular complexity index is 939. The zero-order valence-electron chi connectivity index (χ0n) is 17.1. The van der Waals surface area contributed by atoms with Gasteiger partial charge in [0.25, 0.3) is 0 Å². The van der Waals surface area contributed by atoms with Crippen molar-refractivity contribution in [2.45, 2.75) is 13.3 Å². The molecule has 3 rings (SSSR count). The van der Waals surface area contributed by atoms with Gasteiger partial charge in [0.15, 0.2) is 5.78 Å². The maximum atomic E-state index is 11.5. The first-order valence-electron chi connectivity index (χ1n) is 9.72. The quantitative estimate of drug-likeness (QED) is 0.416. The van der Waals surface area contributed by atoms with Crippen molar-refractivity contribution in [2.24, 2.45) is 0 Å². The number of rotatable bonds is 9. The molecule has 0 aliphatic rings. The van der Waals surface area contributed by atoms with Gasteiger partial charge >= 0.3 is 0 Å². The van der Waals surface area contributed by atoms with Crippen molar-refractivity contribution in [3.8, 4) is 11.3 Å². The summed E-state index contributed by atoms with van der Waals surface area (Å²) < 4.78 is 0. The monoisotopic (exact) mass is 389 g/mol. The second-order valence-corrected chi connectivity index (χ2v) is 7.17. The number of hydrogen-bond donors (Lipinski definition) is 2. The molecule has 0 bridgehead atoms. The van der Waals surface area contributed by atoms with Crippen LogP contribution in [0.5, 0.6) is 0 Å². The molecular formula is C23H27N5O. The largest absolute Gasteiger partial charge is 0.370 e. The number of carbonyl (C=O) groups excluding carboxylic acids is 1. The van der Waals surface area contributed by atoms with E-state index in [9.17, 15) is 4.79 Å². The van der Waals surface area contributed by atoms with Crippen molar-refractivity contribution in [3.05, 3.63) is 66.2 Å². The van der Waals surface area contributed by atoms with Crippen LogP contribution in [0.15, 0.2) is 60.7 Å². The minimum atomic E-state index is 0.0445. The van der Waals surface area contributed by atoms with Gasteiger partial charge in [0, 0.05) is 29.4 Å². The molecule has 2 aromatic carbocycles. The van der Waals surface area contributed by atoms with Crippen molar-refractivity contribution in [2.75, 3.05) is 37.8 Å². The van der Waals surface area contributed by atoms with Gasteiger partial charge in [-0.25, -0.2) is 4.98 Å². The lowest BCUT2D eigenvalue weighted by Crippen LogP contribution is -2.16. The number of carbonyl (C=O) groups is 1. The second-order valence-electron chi connectivity index (χ2n) is 7.17. The van der Waals surface area contributed by atoms with E-state index < -0.39 is 0 Å². The SMILES string of the molecule is CC(=O)c1ccc(Nc2nc(NCCCN(C)C)cc(-c3ccccc3)n2)cc1. The molecule has 0 amide bonds. The predicted molar refractivity (Wildman–Crippen MR) is 119 cm³/mol. The van der Waals surface area contributed by atoms with E-state index in [4.69, 9.17) is 0 Å². The first kappa shape index (κ1) is 20.5. The fourth-order valence-electron chi connectivity index (χ4n) is 2.88. The van der Waals surface area contributed by atoms with Gasteiger partial charge in [0.05, 0.1) is 5.69 Å². The van der Waals surface area contributed by atoms with Gasteiger partial charge in [-0.05, 0) is 58.3 Å². The van der Waals surface area contributed by atoms with E-state index >= 15 is 0 Å². The highest BCUT2D eigenvalue weighted by atomic mass is 16.1. The van der Waals surface area contributed by atoms with Crippen LogP contribution in [-0.2, 0) is 0 Å². The Balaban J connectivity index is 1.82. The molecule has 0 aliphatic carbocycles. The molecule has 2 N–H and O–H groups in total. The molecule has 3 aromatic rings. The molecule has 0 fully saturated rings. The number of hydrogen-bond acceptors (Lipinski definition) is 6. The Labute approximate surface area is 172 Å². The summed E-state index contributed by atoms with van der Waals surface area (Å²) in [6.45, 7) is 3.40. The number of nitrogens with zero attached hydrogens (tertiary/aromatic N) is 3. The lowest BCUT2D eigenvalue weighted by Gasteiger charge is -2.13. The van der Waals surface area contributed by atoms with E-state index in [0.717, 1.165) is 42.3 Å². The van der Waals surface area contributed by atoms with E-state index in [-0.39, 0.29) is 5.78 Å². The maximum Gasteiger partial charge on any atom is 0.229 e. The second kappa shape index (κ2) is 9.80. The molecule has 0 atom stereocenters. The lowest BCUT2D eigenvalue weighted by molar-refractivity contribution is 0.101. The van der Waals surface area contributed by atoms with Gasteiger partial charge in [0.1, 0.15) is 5.82 Å². The van der Waals surface area contributed by atoms with Crippen molar-refractivity contribution in [1.82, 2.24) is 14.9 Å². The van der Waals surface area contributed by atoms with Crippen LogP contribution in [0.4, 0.5) is 17.5 Å².